The second-order valence-electron chi connectivity index (χ2n) is 5.76. The molecule has 1 atom stereocenters. The van der Waals surface area contributed by atoms with Crippen molar-refractivity contribution in [2.75, 3.05) is 33.7 Å². The first-order valence-electron chi connectivity index (χ1n) is 7.25. The molecule has 19 heavy (non-hydrogen) atoms. The molecule has 108 valence electrons. The lowest BCUT2D eigenvalue weighted by Crippen LogP contribution is -2.37. The van der Waals surface area contributed by atoms with Gasteiger partial charge in [-0.25, -0.2) is 0 Å². The van der Waals surface area contributed by atoms with Gasteiger partial charge >= 0.3 is 0 Å². The number of furan rings is 1. The van der Waals surface area contributed by atoms with Crippen molar-refractivity contribution in [3.8, 4) is 0 Å². The molecule has 0 spiro atoms. The summed E-state index contributed by atoms with van der Waals surface area (Å²) in [5, 5.41) is 3.14. The van der Waals surface area contributed by atoms with Crippen LogP contribution in [0.3, 0.4) is 0 Å². The lowest BCUT2D eigenvalue weighted by molar-refractivity contribution is 0.193. The fourth-order valence-corrected chi connectivity index (χ4v) is 2.88. The van der Waals surface area contributed by atoms with Gasteiger partial charge in [0.2, 0.25) is 0 Å². The van der Waals surface area contributed by atoms with E-state index in [-0.39, 0.29) is 0 Å². The molecule has 0 aromatic carbocycles. The van der Waals surface area contributed by atoms with Gasteiger partial charge in [-0.1, -0.05) is 0 Å². The van der Waals surface area contributed by atoms with Gasteiger partial charge in [-0.05, 0) is 47.0 Å². The molecular formula is C15H27N3O. The van der Waals surface area contributed by atoms with E-state index in [1.807, 2.05) is 7.05 Å². The molecule has 1 aliphatic heterocycles. The van der Waals surface area contributed by atoms with Gasteiger partial charge in [-0.3, -0.25) is 4.90 Å². The van der Waals surface area contributed by atoms with Crippen LogP contribution in [0.15, 0.2) is 10.5 Å². The van der Waals surface area contributed by atoms with Gasteiger partial charge in [0.1, 0.15) is 11.5 Å². The van der Waals surface area contributed by atoms with Crippen molar-refractivity contribution < 1.29 is 4.42 Å². The molecule has 0 saturated carbocycles. The van der Waals surface area contributed by atoms with Crippen molar-refractivity contribution in [2.24, 2.45) is 0 Å². The minimum absolute atomic E-state index is 0.606. The van der Waals surface area contributed by atoms with E-state index in [1.165, 1.54) is 25.1 Å². The SMILES string of the molecule is CNCc1cc(CN2CCCN(C)CC2C)c(C)o1. The first kappa shape index (κ1) is 14.6. The van der Waals surface area contributed by atoms with Crippen molar-refractivity contribution in [3.63, 3.8) is 0 Å². The van der Waals surface area contributed by atoms with Crippen LogP contribution in [0.4, 0.5) is 0 Å². The minimum atomic E-state index is 0.606. The predicted molar refractivity (Wildman–Crippen MR) is 78.2 cm³/mol. The summed E-state index contributed by atoms with van der Waals surface area (Å²) in [4.78, 5) is 5.00. The fraction of sp³-hybridized carbons (Fsp3) is 0.733. The number of hydrogen-bond donors (Lipinski definition) is 1. The van der Waals surface area contributed by atoms with E-state index >= 15 is 0 Å². The lowest BCUT2D eigenvalue weighted by Gasteiger charge is -2.27. The number of rotatable bonds is 4. The molecular weight excluding hydrogens is 238 g/mol. The molecule has 0 radical (unpaired) electrons. The van der Waals surface area contributed by atoms with Crippen LogP contribution >= 0.6 is 0 Å². The Bertz CT molecular complexity index is 402. The first-order valence-corrected chi connectivity index (χ1v) is 7.25. The molecule has 2 rings (SSSR count). The third-order valence-corrected chi connectivity index (χ3v) is 3.98. The summed E-state index contributed by atoms with van der Waals surface area (Å²) in [5.41, 5.74) is 1.33. The average Bonchev–Trinajstić information content (AvgIpc) is 2.59. The van der Waals surface area contributed by atoms with Crippen LogP contribution in [0, 0.1) is 6.92 Å². The Morgan fingerprint density at radius 1 is 1.42 bits per heavy atom. The van der Waals surface area contributed by atoms with Crippen molar-refractivity contribution in [3.05, 3.63) is 23.2 Å². The van der Waals surface area contributed by atoms with Crippen molar-refractivity contribution in [1.29, 1.82) is 0 Å². The molecule has 4 nitrogen and oxygen atoms in total. The van der Waals surface area contributed by atoms with Gasteiger partial charge in [-0.2, -0.15) is 0 Å². The van der Waals surface area contributed by atoms with E-state index in [9.17, 15) is 0 Å². The number of nitrogens with zero attached hydrogens (tertiary/aromatic N) is 2. The van der Waals surface area contributed by atoms with E-state index in [0.29, 0.717) is 6.04 Å². The van der Waals surface area contributed by atoms with E-state index in [4.69, 9.17) is 4.42 Å². The Hall–Kier alpha value is -0.840. The molecule has 4 heteroatoms. The summed E-state index contributed by atoms with van der Waals surface area (Å²) >= 11 is 0. The highest BCUT2D eigenvalue weighted by atomic mass is 16.3. The predicted octanol–water partition coefficient (Wildman–Crippen LogP) is 1.83. The molecule has 1 unspecified atom stereocenters. The van der Waals surface area contributed by atoms with E-state index in [0.717, 1.165) is 31.2 Å². The second kappa shape index (κ2) is 6.55. The van der Waals surface area contributed by atoms with Gasteiger partial charge < -0.3 is 14.6 Å². The maximum Gasteiger partial charge on any atom is 0.118 e. The molecule has 1 aromatic heterocycles. The van der Waals surface area contributed by atoms with Gasteiger partial charge in [0.15, 0.2) is 0 Å². The highest BCUT2D eigenvalue weighted by Crippen LogP contribution is 2.19. The number of nitrogens with one attached hydrogen (secondary N) is 1. The normalized spacial score (nSPS) is 22.6. The van der Waals surface area contributed by atoms with Crippen LogP contribution in [-0.2, 0) is 13.1 Å². The van der Waals surface area contributed by atoms with Crippen LogP contribution in [0.5, 0.6) is 0 Å². The Kier molecular flexibility index (Phi) is 5.02. The zero-order valence-electron chi connectivity index (χ0n) is 12.7. The number of likely N-dealkylation sites (N-methyl/N-ethyl adjacent to an activating group) is 1. The maximum atomic E-state index is 5.78. The first-order chi connectivity index (χ1) is 9.10. The fourth-order valence-electron chi connectivity index (χ4n) is 2.88. The van der Waals surface area contributed by atoms with E-state index in [2.05, 4.69) is 42.1 Å². The topological polar surface area (TPSA) is 31.6 Å². The van der Waals surface area contributed by atoms with Crippen LogP contribution in [0.1, 0.15) is 30.4 Å². The monoisotopic (exact) mass is 265 g/mol. The number of hydrogen-bond acceptors (Lipinski definition) is 4. The summed E-state index contributed by atoms with van der Waals surface area (Å²) in [6.45, 7) is 9.75. The molecule has 0 amide bonds. The molecule has 1 fully saturated rings. The van der Waals surface area contributed by atoms with Crippen LogP contribution in [-0.4, -0.2) is 49.6 Å². The molecule has 0 bridgehead atoms. The van der Waals surface area contributed by atoms with Gasteiger partial charge in [0.25, 0.3) is 0 Å². The van der Waals surface area contributed by atoms with E-state index in [1.54, 1.807) is 0 Å². The van der Waals surface area contributed by atoms with Gasteiger partial charge in [0.05, 0.1) is 6.54 Å². The maximum absolute atomic E-state index is 5.78. The quantitative estimate of drug-likeness (QED) is 0.900. The Morgan fingerprint density at radius 3 is 2.95 bits per heavy atom. The zero-order chi connectivity index (χ0) is 13.8. The largest absolute Gasteiger partial charge is 0.465 e. The second-order valence-corrected chi connectivity index (χ2v) is 5.76. The summed E-state index contributed by atoms with van der Waals surface area (Å²) in [5.74, 6) is 2.10. The Labute approximate surface area is 116 Å². The molecule has 1 aromatic rings. The van der Waals surface area contributed by atoms with Gasteiger partial charge in [-0.15, -0.1) is 0 Å². The smallest absolute Gasteiger partial charge is 0.118 e. The summed E-state index contributed by atoms with van der Waals surface area (Å²) in [6, 6.07) is 2.81. The zero-order valence-corrected chi connectivity index (χ0v) is 12.7. The molecule has 1 N–H and O–H groups in total. The van der Waals surface area contributed by atoms with Crippen molar-refractivity contribution in [1.82, 2.24) is 15.1 Å². The number of aryl methyl sites for hydroxylation is 1. The summed E-state index contributed by atoms with van der Waals surface area (Å²) in [6.07, 6.45) is 1.25. The minimum Gasteiger partial charge on any atom is -0.465 e. The van der Waals surface area contributed by atoms with Crippen molar-refractivity contribution >= 4 is 0 Å². The van der Waals surface area contributed by atoms with Crippen molar-refractivity contribution in [2.45, 2.75) is 39.4 Å². The molecule has 1 aliphatic rings. The van der Waals surface area contributed by atoms with Gasteiger partial charge in [0, 0.05) is 31.2 Å². The third-order valence-electron chi connectivity index (χ3n) is 3.98. The Morgan fingerprint density at radius 2 is 2.21 bits per heavy atom. The molecule has 2 heterocycles. The standard InChI is InChI=1S/C15H27N3O/c1-12-10-17(4)6-5-7-18(12)11-14-8-15(9-16-3)19-13(14)2/h8,12,16H,5-7,9-11H2,1-4H3. The Balaban J connectivity index is 2.03. The summed E-state index contributed by atoms with van der Waals surface area (Å²) < 4.78 is 5.78. The molecule has 0 aliphatic carbocycles. The third kappa shape index (κ3) is 3.81. The van der Waals surface area contributed by atoms with Crippen LogP contribution < -0.4 is 5.32 Å². The summed E-state index contributed by atoms with van der Waals surface area (Å²) in [7, 11) is 4.17. The average molecular weight is 265 g/mol. The lowest BCUT2D eigenvalue weighted by atomic mass is 10.2. The molecule has 1 saturated heterocycles. The van der Waals surface area contributed by atoms with Crippen LogP contribution in [0.2, 0.25) is 0 Å². The highest BCUT2D eigenvalue weighted by molar-refractivity contribution is 5.21. The van der Waals surface area contributed by atoms with E-state index < -0.39 is 0 Å². The van der Waals surface area contributed by atoms with Crippen LogP contribution in [0.25, 0.3) is 0 Å². The highest BCUT2D eigenvalue weighted by Gasteiger charge is 2.21.